The van der Waals surface area contributed by atoms with Gasteiger partial charge < -0.3 is 8.94 Å². The second-order valence-electron chi connectivity index (χ2n) is 3.49. The van der Waals surface area contributed by atoms with Crippen molar-refractivity contribution in [3.63, 3.8) is 0 Å². The summed E-state index contributed by atoms with van der Waals surface area (Å²) in [5, 5.41) is 3.64. The molecule has 3 aromatic rings. The van der Waals surface area contributed by atoms with Gasteiger partial charge in [0, 0.05) is 18.7 Å². The lowest BCUT2D eigenvalue weighted by molar-refractivity contribution is 0.432. The van der Waals surface area contributed by atoms with Gasteiger partial charge in [-0.3, -0.25) is 4.57 Å². The fraction of sp³-hybridized carbons (Fsp3) is 0.0909. The van der Waals surface area contributed by atoms with E-state index in [1.807, 2.05) is 12.1 Å². The van der Waals surface area contributed by atoms with Gasteiger partial charge in [-0.25, -0.2) is 4.79 Å². The number of hydrogen-bond donors (Lipinski definition) is 0. The highest BCUT2D eigenvalue weighted by Gasteiger charge is 2.08. The summed E-state index contributed by atoms with van der Waals surface area (Å²) in [6, 6.07) is 7.17. The standard InChI is InChI=1S/C11H8N2O3/c1-13-8-6-7(9-4-5-12-16-9)2-3-10(8)15-11(13)14/h2-6H,1H3. The fourth-order valence-corrected chi connectivity index (χ4v) is 1.64. The van der Waals surface area contributed by atoms with Crippen LogP contribution in [0.5, 0.6) is 0 Å². The Kier molecular flexibility index (Phi) is 1.73. The molecule has 80 valence electrons. The van der Waals surface area contributed by atoms with Gasteiger partial charge in [0.15, 0.2) is 11.3 Å². The van der Waals surface area contributed by atoms with Crippen LogP contribution in [-0.2, 0) is 7.05 Å². The monoisotopic (exact) mass is 216 g/mol. The van der Waals surface area contributed by atoms with Crippen molar-refractivity contribution >= 4 is 11.1 Å². The predicted octanol–water partition coefficient (Wildman–Crippen LogP) is 1.79. The van der Waals surface area contributed by atoms with Crippen LogP contribution in [-0.4, -0.2) is 9.72 Å². The molecule has 1 aromatic carbocycles. The topological polar surface area (TPSA) is 61.2 Å². The highest BCUT2D eigenvalue weighted by molar-refractivity contribution is 5.79. The SMILES string of the molecule is Cn1c(=O)oc2ccc(-c3ccno3)cc21. The zero-order valence-corrected chi connectivity index (χ0v) is 8.51. The smallest absolute Gasteiger partial charge is 0.408 e. The molecule has 0 radical (unpaired) electrons. The Morgan fingerprint density at radius 2 is 2.19 bits per heavy atom. The van der Waals surface area contributed by atoms with E-state index in [4.69, 9.17) is 8.94 Å². The second kappa shape index (κ2) is 3.10. The lowest BCUT2D eigenvalue weighted by Gasteiger charge is -1.96. The predicted molar refractivity (Wildman–Crippen MR) is 57.0 cm³/mol. The van der Waals surface area contributed by atoms with E-state index in [1.54, 1.807) is 25.4 Å². The van der Waals surface area contributed by atoms with Gasteiger partial charge in [0.05, 0.1) is 11.7 Å². The maximum absolute atomic E-state index is 11.3. The van der Waals surface area contributed by atoms with Crippen molar-refractivity contribution in [1.29, 1.82) is 0 Å². The minimum atomic E-state index is -0.371. The van der Waals surface area contributed by atoms with Crippen LogP contribution in [0.3, 0.4) is 0 Å². The molecule has 2 heterocycles. The van der Waals surface area contributed by atoms with Gasteiger partial charge in [-0.2, -0.15) is 0 Å². The Labute approximate surface area is 89.9 Å². The van der Waals surface area contributed by atoms with Crippen molar-refractivity contribution in [2.75, 3.05) is 0 Å². The average molecular weight is 216 g/mol. The molecule has 0 saturated heterocycles. The van der Waals surface area contributed by atoms with Crippen LogP contribution in [0.25, 0.3) is 22.4 Å². The lowest BCUT2D eigenvalue weighted by Crippen LogP contribution is -2.08. The van der Waals surface area contributed by atoms with Crippen molar-refractivity contribution < 1.29 is 8.94 Å². The molecule has 0 N–H and O–H groups in total. The highest BCUT2D eigenvalue weighted by atomic mass is 16.5. The van der Waals surface area contributed by atoms with Gasteiger partial charge in [0.2, 0.25) is 0 Å². The Hall–Kier alpha value is -2.30. The van der Waals surface area contributed by atoms with Crippen LogP contribution < -0.4 is 5.76 Å². The van der Waals surface area contributed by atoms with E-state index in [0.717, 1.165) is 11.1 Å². The molecule has 5 heteroatoms. The largest absolute Gasteiger partial charge is 0.419 e. The first-order chi connectivity index (χ1) is 7.75. The molecule has 0 fully saturated rings. The Bertz CT molecular complexity index is 692. The third kappa shape index (κ3) is 1.18. The highest BCUT2D eigenvalue weighted by Crippen LogP contribution is 2.23. The van der Waals surface area contributed by atoms with E-state index in [-0.39, 0.29) is 5.76 Å². The van der Waals surface area contributed by atoms with Gasteiger partial charge in [-0.15, -0.1) is 0 Å². The van der Waals surface area contributed by atoms with Gasteiger partial charge in [0.25, 0.3) is 0 Å². The molecular weight excluding hydrogens is 208 g/mol. The Morgan fingerprint density at radius 3 is 2.94 bits per heavy atom. The summed E-state index contributed by atoms with van der Waals surface area (Å²) in [6.45, 7) is 0. The molecular formula is C11H8N2O3. The van der Waals surface area contributed by atoms with Gasteiger partial charge in [0.1, 0.15) is 0 Å². The molecule has 5 nitrogen and oxygen atoms in total. The summed E-state index contributed by atoms with van der Waals surface area (Å²) in [6.07, 6.45) is 1.58. The van der Waals surface area contributed by atoms with E-state index in [9.17, 15) is 4.79 Å². The molecule has 2 aromatic heterocycles. The van der Waals surface area contributed by atoms with E-state index < -0.39 is 0 Å². The van der Waals surface area contributed by atoms with E-state index >= 15 is 0 Å². The quantitative estimate of drug-likeness (QED) is 0.622. The summed E-state index contributed by atoms with van der Waals surface area (Å²) in [5.41, 5.74) is 2.16. The minimum absolute atomic E-state index is 0.371. The maximum atomic E-state index is 11.3. The van der Waals surface area contributed by atoms with Gasteiger partial charge in [-0.05, 0) is 18.2 Å². The molecule has 0 aliphatic carbocycles. The first kappa shape index (κ1) is 8.96. The van der Waals surface area contributed by atoms with E-state index in [0.29, 0.717) is 11.3 Å². The number of oxazole rings is 1. The number of aromatic nitrogens is 2. The summed E-state index contributed by atoms with van der Waals surface area (Å²) in [7, 11) is 1.67. The third-order valence-electron chi connectivity index (χ3n) is 2.51. The Morgan fingerprint density at radius 1 is 1.31 bits per heavy atom. The summed E-state index contributed by atoms with van der Waals surface area (Å²) in [4.78, 5) is 11.3. The lowest BCUT2D eigenvalue weighted by atomic mass is 10.1. The normalized spacial score (nSPS) is 11.1. The number of rotatable bonds is 1. The van der Waals surface area contributed by atoms with Crippen molar-refractivity contribution in [3.05, 3.63) is 41.0 Å². The number of fused-ring (bicyclic) bond motifs is 1. The fourth-order valence-electron chi connectivity index (χ4n) is 1.64. The molecule has 0 amide bonds. The summed E-state index contributed by atoms with van der Waals surface area (Å²) < 4.78 is 11.5. The van der Waals surface area contributed by atoms with Crippen molar-refractivity contribution in [2.45, 2.75) is 0 Å². The van der Waals surface area contributed by atoms with Crippen LogP contribution in [0.4, 0.5) is 0 Å². The first-order valence-corrected chi connectivity index (χ1v) is 4.76. The molecule has 0 aliphatic rings. The molecule has 16 heavy (non-hydrogen) atoms. The van der Waals surface area contributed by atoms with Crippen LogP contribution >= 0.6 is 0 Å². The first-order valence-electron chi connectivity index (χ1n) is 4.76. The third-order valence-corrected chi connectivity index (χ3v) is 2.51. The van der Waals surface area contributed by atoms with Crippen LogP contribution in [0.1, 0.15) is 0 Å². The van der Waals surface area contributed by atoms with Crippen molar-refractivity contribution in [1.82, 2.24) is 9.72 Å². The second-order valence-corrected chi connectivity index (χ2v) is 3.49. The number of nitrogens with zero attached hydrogens (tertiary/aromatic N) is 2. The van der Waals surface area contributed by atoms with Crippen molar-refractivity contribution in [2.24, 2.45) is 7.05 Å². The van der Waals surface area contributed by atoms with Crippen LogP contribution in [0.15, 0.2) is 44.2 Å². The molecule has 0 saturated carbocycles. The Balaban J connectivity index is 2.30. The van der Waals surface area contributed by atoms with E-state index in [1.165, 1.54) is 4.57 Å². The van der Waals surface area contributed by atoms with Crippen LogP contribution in [0, 0.1) is 0 Å². The maximum Gasteiger partial charge on any atom is 0.419 e. The summed E-state index contributed by atoms with van der Waals surface area (Å²) >= 11 is 0. The molecule has 0 aliphatic heterocycles. The van der Waals surface area contributed by atoms with Crippen molar-refractivity contribution in [3.8, 4) is 11.3 Å². The van der Waals surface area contributed by atoms with Crippen LogP contribution in [0.2, 0.25) is 0 Å². The number of hydrogen-bond acceptors (Lipinski definition) is 4. The van der Waals surface area contributed by atoms with Gasteiger partial charge in [-0.1, -0.05) is 5.16 Å². The molecule has 0 bridgehead atoms. The number of aryl methyl sites for hydroxylation is 1. The molecule has 0 unspecified atom stereocenters. The van der Waals surface area contributed by atoms with E-state index in [2.05, 4.69) is 5.16 Å². The zero-order chi connectivity index (χ0) is 11.1. The average Bonchev–Trinajstić information content (AvgIpc) is 2.89. The zero-order valence-electron chi connectivity index (χ0n) is 8.51. The molecule has 0 atom stereocenters. The summed E-state index contributed by atoms with van der Waals surface area (Å²) in [5.74, 6) is 0.292. The van der Waals surface area contributed by atoms with Gasteiger partial charge >= 0.3 is 5.76 Å². The molecule has 0 spiro atoms. The number of benzene rings is 1. The molecule has 3 rings (SSSR count). The minimum Gasteiger partial charge on any atom is -0.408 e.